The van der Waals surface area contributed by atoms with Crippen LogP contribution in [-0.2, 0) is 0 Å². The molecule has 1 saturated carbocycles. The second-order valence-electron chi connectivity index (χ2n) is 7.34. The lowest BCUT2D eigenvalue weighted by atomic mass is 9.83. The SMILES string of the molecule is CCC1(CNC(=NC)NC2CCN(c3cccs3)CC2)CCCC1. The molecule has 4 nitrogen and oxygen atoms in total. The van der Waals surface area contributed by atoms with Crippen molar-refractivity contribution in [1.82, 2.24) is 10.6 Å². The Kier molecular flexibility index (Phi) is 6.04. The molecule has 0 bridgehead atoms. The quantitative estimate of drug-likeness (QED) is 0.627. The predicted molar refractivity (Wildman–Crippen MR) is 105 cm³/mol. The fourth-order valence-corrected chi connectivity index (χ4v) is 4.92. The van der Waals surface area contributed by atoms with Crippen molar-refractivity contribution in [3.63, 3.8) is 0 Å². The number of nitrogens with one attached hydrogen (secondary N) is 2. The van der Waals surface area contributed by atoms with E-state index in [1.165, 1.54) is 49.9 Å². The molecule has 1 aromatic rings. The Labute approximate surface area is 150 Å². The van der Waals surface area contributed by atoms with Crippen LogP contribution in [0, 0.1) is 5.41 Å². The van der Waals surface area contributed by atoms with Crippen molar-refractivity contribution in [1.29, 1.82) is 0 Å². The van der Waals surface area contributed by atoms with Crippen LogP contribution in [0.15, 0.2) is 22.5 Å². The van der Waals surface area contributed by atoms with Gasteiger partial charge in [-0.05, 0) is 55.0 Å². The van der Waals surface area contributed by atoms with Crippen LogP contribution < -0.4 is 15.5 Å². The Morgan fingerprint density at radius 3 is 2.67 bits per heavy atom. The standard InChI is InChI=1S/C19H32N4S/c1-3-19(10-4-5-11-19)15-21-18(20-2)22-16-8-12-23(13-9-16)17-7-6-14-24-17/h6-7,14,16H,3-5,8-13,15H2,1-2H3,(H2,20,21,22). The van der Waals surface area contributed by atoms with Crippen molar-refractivity contribution in [2.75, 3.05) is 31.6 Å². The molecule has 2 heterocycles. The smallest absolute Gasteiger partial charge is 0.191 e. The highest BCUT2D eigenvalue weighted by molar-refractivity contribution is 7.14. The maximum Gasteiger partial charge on any atom is 0.191 e. The first kappa shape index (κ1) is 17.6. The number of aliphatic imine (C=N–C) groups is 1. The summed E-state index contributed by atoms with van der Waals surface area (Å²) in [5, 5.41) is 10.8. The van der Waals surface area contributed by atoms with Gasteiger partial charge in [-0.1, -0.05) is 19.8 Å². The van der Waals surface area contributed by atoms with Gasteiger partial charge in [0.05, 0.1) is 5.00 Å². The van der Waals surface area contributed by atoms with Gasteiger partial charge in [-0.2, -0.15) is 0 Å². The van der Waals surface area contributed by atoms with Crippen molar-refractivity contribution in [2.24, 2.45) is 10.4 Å². The summed E-state index contributed by atoms with van der Waals surface area (Å²) in [5.41, 5.74) is 0.500. The Morgan fingerprint density at radius 2 is 2.08 bits per heavy atom. The van der Waals surface area contributed by atoms with E-state index in [-0.39, 0.29) is 0 Å². The molecular formula is C19H32N4S. The van der Waals surface area contributed by atoms with Crippen molar-refractivity contribution < 1.29 is 0 Å². The molecule has 5 heteroatoms. The summed E-state index contributed by atoms with van der Waals surface area (Å²) < 4.78 is 0. The maximum atomic E-state index is 4.46. The van der Waals surface area contributed by atoms with Gasteiger partial charge in [0, 0.05) is 32.7 Å². The van der Waals surface area contributed by atoms with Crippen LogP contribution in [0.5, 0.6) is 0 Å². The first-order valence-corrected chi connectivity index (χ1v) is 10.4. The first-order valence-electron chi connectivity index (χ1n) is 9.50. The summed E-state index contributed by atoms with van der Waals surface area (Å²) in [4.78, 5) is 6.96. The van der Waals surface area contributed by atoms with Crippen molar-refractivity contribution in [2.45, 2.75) is 57.9 Å². The second kappa shape index (κ2) is 8.24. The van der Waals surface area contributed by atoms with Crippen molar-refractivity contribution in [3.05, 3.63) is 17.5 Å². The van der Waals surface area contributed by atoms with Gasteiger partial charge in [-0.3, -0.25) is 4.99 Å². The molecule has 3 rings (SSSR count). The highest BCUT2D eigenvalue weighted by atomic mass is 32.1. The molecule has 0 unspecified atom stereocenters. The summed E-state index contributed by atoms with van der Waals surface area (Å²) in [6.45, 7) is 5.67. The van der Waals surface area contributed by atoms with Crippen LogP contribution in [0.3, 0.4) is 0 Å². The number of guanidine groups is 1. The molecule has 0 spiro atoms. The molecule has 0 amide bonds. The van der Waals surface area contributed by atoms with Gasteiger partial charge < -0.3 is 15.5 Å². The largest absolute Gasteiger partial charge is 0.363 e. The number of piperidine rings is 1. The number of nitrogens with zero attached hydrogens (tertiary/aromatic N) is 2. The zero-order valence-electron chi connectivity index (χ0n) is 15.2. The Hall–Kier alpha value is -1.23. The Bertz CT molecular complexity index is 511. The topological polar surface area (TPSA) is 39.7 Å². The van der Waals surface area contributed by atoms with Crippen LogP contribution >= 0.6 is 11.3 Å². The van der Waals surface area contributed by atoms with Crippen LogP contribution in [0.4, 0.5) is 5.00 Å². The molecule has 134 valence electrons. The highest BCUT2D eigenvalue weighted by Gasteiger charge is 2.32. The van der Waals surface area contributed by atoms with E-state index in [1.807, 2.05) is 18.4 Å². The average Bonchev–Trinajstić information content (AvgIpc) is 3.31. The molecule has 2 N–H and O–H groups in total. The highest BCUT2D eigenvalue weighted by Crippen LogP contribution is 2.40. The van der Waals surface area contributed by atoms with Gasteiger partial charge in [0.2, 0.25) is 0 Å². The molecule has 1 aromatic heterocycles. The van der Waals surface area contributed by atoms with Gasteiger partial charge in [0.25, 0.3) is 0 Å². The molecule has 2 aliphatic rings. The third kappa shape index (κ3) is 4.24. The average molecular weight is 349 g/mol. The van der Waals surface area contributed by atoms with E-state index in [9.17, 15) is 0 Å². The van der Waals surface area contributed by atoms with Gasteiger partial charge in [0.15, 0.2) is 5.96 Å². The van der Waals surface area contributed by atoms with Crippen LogP contribution in [0.2, 0.25) is 0 Å². The molecular weight excluding hydrogens is 316 g/mol. The molecule has 1 saturated heterocycles. The van der Waals surface area contributed by atoms with Gasteiger partial charge >= 0.3 is 0 Å². The maximum absolute atomic E-state index is 4.46. The van der Waals surface area contributed by atoms with E-state index in [4.69, 9.17) is 0 Å². The van der Waals surface area contributed by atoms with Crippen LogP contribution in [-0.4, -0.2) is 38.7 Å². The number of rotatable bonds is 5. The normalized spacial score (nSPS) is 21.9. The molecule has 2 fully saturated rings. The van der Waals surface area contributed by atoms with Crippen molar-refractivity contribution in [3.8, 4) is 0 Å². The Morgan fingerprint density at radius 1 is 1.33 bits per heavy atom. The Balaban J connectivity index is 1.44. The summed E-state index contributed by atoms with van der Waals surface area (Å²) in [7, 11) is 1.89. The van der Waals surface area contributed by atoms with E-state index >= 15 is 0 Å². The minimum Gasteiger partial charge on any atom is -0.363 e. The summed E-state index contributed by atoms with van der Waals surface area (Å²) in [5.74, 6) is 0.990. The minimum atomic E-state index is 0.500. The monoisotopic (exact) mass is 348 g/mol. The zero-order valence-corrected chi connectivity index (χ0v) is 16.0. The van der Waals surface area contributed by atoms with Gasteiger partial charge in [-0.25, -0.2) is 0 Å². The lowest BCUT2D eigenvalue weighted by molar-refractivity contribution is 0.282. The summed E-state index contributed by atoms with van der Waals surface area (Å²) in [6.07, 6.45) is 9.15. The number of anilines is 1. The second-order valence-corrected chi connectivity index (χ2v) is 8.27. The third-order valence-electron chi connectivity index (χ3n) is 5.92. The number of hydrogen-bond acceptors (Lipinski definition) is 3. The fourth-order valence-electron chi connectivity index (χ4n) is 4.13. The van der Waals surface area contributed by atoms with E-state index in [1.54, 1.807) is 0 Å². The third-order valence-corrected chi connectivity index (χ3v) is 6.85. The van der Waals surface area contributed by atoms with E-state index in [0.717, 1.165) is 25.6 Å². The number of thiophene rings is 1. The van der Waals surface area contributed by atoms with Gasteiger partial charge in [-0.15, -0.1) is 11.3 Å². The lowest BCUT2D eigenvalue weighted by Crippen LogP contribution is -2.50. The summed E-state index contributed by atoms with van der Waals surface area (Å²) >= 11 is 1.84. The van der Waals surface area contributed by atoms with E-state index < -0.39 is 0 Å². The zero-order chi connectivity index (χ0) is 16.8. The molecule has 0 atom stereocenters. The predicted octanol–water partition coefficient (Wildman–Crippen LogP) is 3.85. The van der Waals surface area contributed by atoms with Crippen LogP contribution in [0.25, 0.3) is 0 Å². The molecule has 0 aromatic carbocycles. The van der Waals surface area contributed by atoms with E-state index in [0.29, 0.717) is 11.5 Å². The van der Waals surface area contributed by atoms with Gasteiger partial charge in [0.1, 0.15) is 0 Å². The molecule has 0 radical (unpaired) electrons. The molecule has 24 heavy (non-hydrogen) atoms. The molecule has 1 aliphatic heterocycles. The first-order chi connectivity index (χ1) is 11.7. The van der Waals surface area contributed by atoms with E-state index in [2.05, 4.69) is 45.0 Å². The number of hydrogen-bond donors (Lipinski definition) is 2. The minimum absolute atomic E-state index is 0.500. The molecule has 1 aliphatic carbocycles. The fraction of sp³-hybridized carbons (Fsp3) is 0.737. The van der Waals surface area contributed by atoms with Crippen LogP contribution in [0.1, 0.15) is 51.9 Å². The summed E-state index contributed by atoms with van der Waals surface area (Å²) in [6, 6.07) is 4.90. The lowest BCUT2D eigenvalue weighted by Gasteiger charge is -2.34. The van der Waals surface area contributed by atoms with Crippen molar-refractivity contribution >= 4 is 22.3 Å².